The molecule has 3 rings (SSSR count). The first kappa shape index (κ1) is 16.3. The van der Waals surface area contributed by atoms with Crippen molar-refractivity contribution >= 4 is 5.84 Å². The zero-order valence-corrected chi connectivity index (χ0v) is 13.5. The molecule has 8 nitrogen and oxygen atoms in total. The minimum Gasteiger partial charge on any atom is -0.305 e. The summed E-state index contributed by atoms with van der Waals surface area (Å²) in [6, 6.07) is 14.6. The molecule has 126 valence electrons. The van der Waals surface area contributed by atoms with Crippen LogP contribution in [0, 0.1) is 5.41 Å². The highest BCUT2D eigenvalue weighted by Gasteiger charge is 2.14. The van der Waals surface area contributed by atoms with Crippen molar-refractivity contribution in [1.29, 1.82) is 5.41 Å². The summed E-state index contributed by atoms with van der Waals surface area (Å²) < 4.78 is 1.34. The zero-order chi connectivity index (χ0) is 17.8. The standard InChI is InChI=1S/C17H17N7O/c1-11(12-5-3-2-4-6-12)14-10-16(25)24(22-14)15-9-13(7-8-20-15)17(18)21-23-19/h2-11,22H,1H3,(H3,18,19,21). The molecule has 0 radical (unpaired) electrons. The Labute approximate surface area is 143 Å². The fourth-order valence-electron chi connectivity index (χ4n) is 2.53. The molecule has 25 heavy (non-hydrogen) atoms. The fraction of sp³-hybridized carbons (Fsp3) is 0.118. The smallest absolute Gasteiger partial charge is 0.272 e. The molecule has 0 saturated carbocycles. The third-order valence-electron chi connectivity index (χ3n) is 3.91. The number of aromatic nitrogens is 3. The summed E-state index contributed by atoms with van der Waals surface area (Å²) in [6.07, 6.45) is 1.50. The maximum Gasteiger partial charge on any atom is 0.272 e. The van der Waals surface area contributed by atoms with Crippen LogP contribution in [-0.2, 0) is 0 Å². The molecule has 0 amide bonds. The maximum atomic E-state index is 12.4. The van der Waals surface area contributed by atoms with E-state index < -0.39 is 0 Å². The van der Waals surface area contributed by atoms with E-state index in [2.05, 4.69) is 20.4 Å². The summed E-state index contributed by atoms with van der Waals surface area (Å²) in [7, 11) is 0. The van der Waals surface area contributed by atoms with Gasteiger partial charge < -0.3 is 5.84 Å². The molecule has 1 atom stereocenters. The predicted octanol–water partition coefficient (Wildman–Crippen LogP) is 2.36. The van der Waals surface area contributed by atoms with E-state index >= 15 is 0 Å². The van der Waals surface area contributed by atoms with Gasteiger partial charge in [-0.05, 0) is 17.7 Å². The molecule has 3 aromatic rings. The van der Waals surface area contributed by atoms with Gasteiger partial charge in [-0.2, -0.15) is 0 Å². The Morgan fingerprint density at radius 1 is 1.28 bits per heavy atom. The molecule has 0 aliphatic rings. The first-order chi connectivity index (χ1) is 12.1. The van der Waals surface area contributed by atoms with Gasteiger partial charge in [0.2, 0.25) is 0 Å². The summed E-state index contributed by atoms with van der Waals surface area (Å²) in [6.45, 7) is 2.02. The molecule has 0 aliphatic carbocycles. The number of pyridine rings is 1. The van der Waals surface area contributed by atoms with E-state index in [0.29, 0.717) is 11.4 Å². The van der Waals surface area contributed by atoms with E-state index in [4.69, 9.17) is 11.3 Å². The Morgan fingerprint density at radius 3 is 2.76 bits per heavy atom. The lowest BCUT2D eigenvalue weighted by atomic mass is 9.98. The number of hydrogen-bond acceptors (Lipinski definition) is 4. The lowest BCUT2D eigenvalue weighted by Gasteiger charge is -2.09. The molecule has 8 heteroatoms. The number of H-pyrrole nitrogens is 1. The Bertz CT molecular complexity index is 972. The van der Waals surface area contributed by atoms with E-state index in [1.807, 2.05) is 37.3 Å². The van der Waals surface area contributed by atoms with E-state index in [-0.39, 0.29) is 17.3 Å². The molecule has 0 saturated heterocycles. The van der Waals surface area contributed by atoms with Crippen LogP contribution < -0.4 is 11.4 Å². The molecule has 0 aliphatic heterocycles. The average molecular weight is 335 g/mol. The zero-order valence-electron chi connectivity index (χ0n) is 13.5. The van der Waals surface area contributed by atoms with Crippen molar-refractivity contribution in [3.8, 4) is 5.82 Å². The van der Waals surface area contributed by atoms with Crippen LogP contribution in [0.3, 0.4) is 0 Å². The van der Waals surface area contributed by atoms with Crippen LogP contribution in [-0.4, -0.2) is 20.6 Å². The number of nitrogens with two attached hydrogens (primary N) is 1. The average Bonchev–Trinajstić information content (AvgIpc) is 3.04. The number of aromatic amines is 1. The molecule has 0 spiro atoms. The van der Waals surface area contributed by atoms with Crippen LogP contribution in [0.15, 0.2) is 69.9 Å². The van der Waals surface area contributed by atoms with Gasteiger partial charge in [-0.1, -0.05) is 42.5 Å². The highest BCUT2D eigenvalue weighted by molar-refractivity contribution is 5.96. The third-order valence-corrected chi connectivity index (χ3v) is 3.91. The fourth-order valence-corrected chi connectivity index (χ4v) is 2.53. The summed E-state index contributed by atoms with van der Waals surface area (Å²) in [5.41, 5.74) is 2.11. The minimum atomic E-state index is -0.227. The molecular formula is C17H17N7O. The third kappa shape index (κ3) is 3.37. The molecule has 0 bridgehead atoms. The molecular weight excluding hydrogens is 318 g/mol. The second kappa shape index (κ2) is 6.91. The summed E-state index contributed by atoms with van der Waals surface area (Å²) >= 11 is 0. The Balaban J connectivity index is 1.97. The number of nitrogens with one attached hydrogen (secondary N) is 2. The van der Waals surface area contributed by atoms with Crippen LogP contribution in [0.1, 0.15) is 29.7 Å². The van der Waals surface area contributed by atoms with Gasteiger partial charge in [-0.3, -0.25) is 15.3 Å². The monoisotopic (exact) mass is 335 g/mol. The molecule has 2 heterocycles. The Hall–Kier alpha value is -3.55. The van der Waals surface area contributed by atoms with Gasteiger partial charge in [0, 0.05) is 29.4 Å². The van der Waals surface area contributed by atoms with Gasteiger partial charge in [0.15, 0.2) is 11.7 Å². The minimum absolute atomic E-state index is 0.0303. The highest BCUT2D eigenvalue weighted by atomic mass is 16.1. The van der Waals surface area contributed by atoms with Crippen molar-refractivity contribution in [1.82, 2.24) is 14.8 Å². The molecule has 0 fully saturated rings. The molecule has 1 aromatic carbocycles. The molecule has 1 unspecified atom stereocenters. The summed E-state index contributed by atoms with van der Waals surface area (Å²) in [5.74, 6) is 5.26. The lowest BCUT2D eigenvalue weighted by molar-refractivity contribution is 0.766. The van der Waals surface area contributed by atoms with Crippen molar-refractivity contribution in [2.75, 3.05) is 0 Å². The first-order valence-electron chi connectivity index (χ1n) is 7.63. The molecule has 2 aromatic heterocycles. The number of amidine groups is 1. The van der Waals surface area contributed by atoms with E-state index in [1.54, 1.807) is 18.2 Å². The van der Waals surface area contributed by atoms with Gasteiger partial charge in [0.1, 0.15) is 0 Å². The summed E-state index contributed by atoms with van der Waals surface area (Å²) in [5, 5.41) is 17.4. The first-order valence-corrected chi connectivity index (χ1v) is 7.63. The Morgan fingerprint density at radius 2 is 2.04 bits per heavy atom. The second-order valence-corrected chi connectivity index (χ2v) is 5.48. The quantitative estimate of drug-likeness (QED) is 0.223. The van der Waals surface area contributed by atoms with Gasteiger partial charge >= 0.3 is 0 Å². The van der Waals surface area contributed by atoms with Crippen LogP contribution in [0.25, 0.3) is 5.82 Å². The van der Waals surface area contributed by atoms with E-state index in [0.717, 1.165) is 11.3 Å². The number of benzene rings is 1. The predicted molar refractivity (Wildman–Crippen MR) is 94.0 cm³/mol. The van der Waals surface area contributed by atoms with Crippen LogP contribution in [0.5, 0.6) is 0 Å². The summed E-state index contributed by atoms with van der Waals surface area (Å²) in [4.78, 5) is 16.5. The van der Waals surface area contributed by atoms with Crippen molar-refractivity contribution in [2.45, 2.75) is 12.8 Å². The van der Waals surface area contributed by atoms with Crippen molar-refractivity contribution in [3.63, 3.8) is 0 Å². The maximum absolute atomic E-state index is 12.4. The highest BCUT2D eigenvalue weighted by Crippen LogP contribution is 2.21. The topological polar surface area (TPSA) is 125 Å². The van der Waals surface area contributed by atoms with Gasteiger partial charge in [-0.15, -0.1) is 5.11 Å². The largest absolute Gasteiger partial charge is 0.305 e. The van der Waals surface area contributed by atoms with Gasteiger partial charge in [-0.25, -0.2) is 9.67 Å². The SMILES string of the molecule is CC(c1ccccc1)c1cc(=O)n(-c2cc(C(=N)N=NN)ccn2)[nH]1. The number of hydrogen-bond donors (Lipinski definition) is 3. The second-order valence-electron chi connectivity index (χ2n) is 5.48. The van der Waals surface area contributed by atoms with Crippen LogP contribution in [0.2, 0.25) is 0 Å². The number of rotatable bonds is 4. The van der Waals surface area contributed by atoms with Crippen molar-refractivity contribution < 1.29 is 0 Å². The van der Waals surface area contributed by atoms with Gasteiger partial charge in [0.05, 0.1) is 0 Å². The van der Waals surface area contributed by atoms with Crippen LogP contribution in [0.4, 0.5) is 0 Å². The molecule has 4 N–H and O–H groups in total. The van der Waals surface area contributed by atoms with E-state index in [9.17, 15) is 4.79 Å². The lowest BCUT2D eigenvalue weighted by Crippen LogP contribution is -2.15. The Kier molecular flexibility index (Phi) is 4.51. The van der Waals surface area contributed by atoms with Gasteiger partial charge in [0.25, 0.3) is 5.56 Å². The van der Waals surface area contributed by atoms with Crippen molar-refractivity contribution in [2.24, 2.45) is 16.2 Å². The normalized spacial score (nSPS) is 12.4. The van der Waals surface area contributed by atoms with E-state index in [1.165, 1.54) is 10.9 Å². The van der Waals surface area contributed by atoms with Crippen molar-refractivity contribution in [3.05, 3.63) is 81.9 Å². The number of nitrogens with zero attached hydrogens (tertiary/aromatic N) is 4. The van der Waals surface area contributed by atoms with Crippen LogP contribution >= 0.6 is 0 Å².